The lowest BCUT2D eigenvalue weighted by Gasteiger charge is -2.43. The number of anilines is 5. The smallest absolute Gasteiger partial charge is 0.128 e. The van der Waals surface area contributed by atoms with Crippen LogP contribution in [-0.4, -0.2) is 165 Å². The second kappa shape index (κ2) is 42.5. The van der Waals surface area contributed by atoms with Gasteiger partial charge in [0.05, 0.1) is 76.7 Å². The third kappa shape index (κ3) is 25.0. The van der Waals surface area contributed by atoms with E-state index in [0.717, 1.165) is 172 Å². The summed E-state index contributed by atoms with van der Waals surface area (Å²) in [5.41, 5.74) is 14.9. The third-order valence-electron chi connectivity index (χ3n) is 18.4. The monoisotopic (exact) mass is 1660 g/mol. The number of piperazine rings is 3. The molecule has 26 heteroatoms. The third-order valence-corrected chi connectivity index (χ3v) is 21.3. The maximum Gasteiger partial charge on any atom is 0.128 e. The molecule has 5 saturated heterocycles. The highest BCUT2D eigenvalue weighted by atomic mass is 79.9. The van der Waals surface area contributed by atoms with Crippen LogP contribution in [0.5, 0.6) is 0 Å². The van der Waals surface area contributed by atoms with E-state index in [9.17, 15) is 0 Å². The van der Waals surface area contributed by atoms with E-state index >= 15 is 0 Å². The summed E-state index contributed by atoms with van der Waals surface area (Å²) in [7, 11) is 0. The van der Waals surface area contributed by atoms with Crippen molar-refractivity contribution in [2.75, 3.05) is 150 Å². The zero-order valence-electron chi connectivity index (χ0n) is 58.3. The van der Waals surface area contributed by atoms with Crippen LogP contribution in [0.4, 0.5) is 28.7 Å². The number of morpholine rings is 1. The van der Waals surface area contributed by atoms with Crippen molar-refractivity contribution in [2.24, 2.45) is 5.73 Å². The average Bonchev–Trinajstić information content (AvgIpc) is 0.801. The van der Waals surface area contributed by atoms with Gasteiger partial charge in [0.25, 0.3) is 0 Å². The SMILES string of the molecule is C1CCOCC1.Clc1ccc([C@@H]2CN(Cc3ccc(Br)nc3)CCN2c2ccc(Cl)cc2Cl)cc1.Clc1ccc([C@@H]2CN(Cc3ccc(N4CCOCC4)nc3)CCN2c2ccc(Cl)cc2Cl)cc1.NCCO.OCCNc1ccc(CN2CCN(c3ccc(Cl)cc3Cl)[C@H](c3ccc(Cl)cc3)C2)cn1. The number of aliphatic hydroxyl groups excluding tert-OH is 2. The van der Waals surface area contributed by atoms with Crippen LogP contribution >= 0.6 is 120 Å². The summed E-state index contributed by atoms with van der Waals surface area (Å²) >= 11 is 60.0. The predicted octanol–water partition coefficient (Wildman–Crippen LogP) is 18.4. The summed E-state index contributed by atoms with van der Waals surface area (Å²) in [6.07, 6.45) is 9.74. The van der Waals surface area contributed by atoms with Crippen LogP contribution in [0.2, 0.25) is 45.2 Å². The number of pyridine rings is 3. The highest BCUT2D eigenvalue weighted by Crippen LogP contribution is 2.41. The molecule has 16 nitrogen and oxygen atoms in total. The molecule has 14 rings (SSSR count). The standard InChI is InChI=1S/C26H27Cl3N4O.C24H25Cl3N4O.C22H19BrCl3N3.C5H10O.C2H7NO/c27-21-4-2-20(3-5-21)25-18-31(9-10-33(25)24-7-6-22(28)15-23(24)29)17-19-1-8-26(30-16-19)32-11-13-34-14-12-32;25-19-4-2-18(3-5-19)23-16-30(15-17-1-8-24(29-14-17)28-9-12-32)10-11-31(23)22-7-6-20(26)13-21(22)27;23-22-8-1-15(12-27-22)13-28-9-10-29(20-7-6-18(25)11-19(20)26)21(14-28)16-2-4-17(24)5-3-16;1-2-4-6-5-3-1;3-1-2-4/h1-8,15-16,25H,9-14,17-18H2;1-8,13-14,23,32H,9-12,15-16H2,(H,28,29);1-8,11-12,21H,9-10,13-14H2;1-5H2;4H,1-3H2/t25-;23-;21-;;/m000../s1. The van der Waals surface area contributed by atoms with E-state index in [0.29, 0.717) is 43.2 Å². The maximum absolute atomic E-state index is 8.94. The lowest BCUT2D eigenvalue weighted by molar-refractivity contribution is 0.0968. The minimum absolute atomic E-state index is 0.0808. The molecule has 0 unspecified atom stereocenters. The number of rotatable bonds is 17. The van der Waals surface area contributed by atoms with Gasteiger partial charge in [0, 0.05) is 167 Å². The summed E-state index contributed by atoms with van der Waals surface area (Å²) in [6.45, 7) is 16.7. The summed E-state index contributed by atoms with van der Waals surface area (Å²) in [5, 5.41) is 25.9. The second-order valence-corrected chi connectivity index (χ2v) is 30.4. The zero-order chi connectivity index (χ0) is 74.0. The largest absolute Gasteiger partial charge is 0.395 e. The van der Waals surface area contributed by atoms with Crippen molar-refractivity contribution in [1.29, 1.82) is 0 Å². The first-order valence-electron chi connectivity index (χ1n) is 35.2. The van der Waals surface area contributed by atoms with Crippen LogP contribution < -0.4 is 30.7 Å². The summed E-state index contributed by atoms with van der Waals surface area (Å²) in [5.74, 6) is 1.79. The summed E-state index contributed by atoms with van der Waals surface area (Å²) < 4.78 is 11.4. The van der Waals surface area contributed by atoms with Crippen LogP contribution in [0, 0.1) is 0 Å². The number of nitrogens with zero attached hydrogens (tertiary/aromatic N) is 10. The van der Waals surface area contributed by atoms with Crippen molar-refractivity contribution in [3.8, 4) is 0 Å². The number of hydrogen-bond acceptors (Lipinski definition) is 16. The van der Waals surface area contributed by atoms with Crippen LogP contribution in [0.3, 0.4) is 0 Å². The Morgan fingerprint density at radius 2 is 0.781 bits per heavy atom. The van der Waals surface area contributed by atoms with Crippen molar-refractivity contribution in [3.63, 3.8) is 0 Å². The number of aliphatic hydroxyl groups is 2. The topological polar surface area (TPSA) is 158 Å². The van der Waals surface area contributed by atoms with Crippen LogP contribution in [0.25, 0.3) is 0 Å². The van der Waals surface area contributed by atoms with Gasteiger partial charge in [0.15, 0.2) is 0 Å². The number of aromatic nitrogens is 3. The van der Waals surface area contributed by atoms with Gasteiger partial charge in [-0.15, -0.1) is 0 Å². The number of hydrogen-bond donors (Lipinski definition) is 4. The molecule has 0 saturated carbocycles. The van der Waals surface area contributed by atoms with E-state index in [1.807, 2.05) is 110 Å². The molecule has 5 fully saturated rings. The van der Waals surface area contributed by atoms with Crippen LogP contribution in [-0.2, 0) is 29.1 Å². The van der Waals surface area contributed by atoms with Crippen LogP contribution in [0.1, 0.15) is 70.8 Å². The number of ether oxygens (including phenoxy) is 2. The van der Waals surface area contributed by atoms with Crippen molar-refractivity contribution in [1.82, 2.24) is 29.7 Å². The van der Waals surface area contributed by atoms with E-state index in [1.165, 1.54) is 47.1 Å². The molecule has 5 aliphatic rings. The highest BCUT2D eigenvalue weighted by molar-refractivity contribution is 9.10. The molecule has 105 heavy (non-hydrogen) atoms. The minimum atomic E-state index is 0.0808. The van der Waals surface area contributed by atoms with E-state index in [4.69, 9.17) is 135 Å². The number of benzene rings is 6. The van der Waals surface area contributed by atoms with Crippen molar-refractivity contribution in [3.05, 3.63) is 266 Å². The van der Waals surface area contributed by atoms with Crippen molar-refractivity contribution in [2.45, 2.75) is 57.0 Å². The Labute approximate surface area is 670 Å². The van der Waals surface area contributed by atoms with Gasteiger partial charge in [0.1, 0.15) is 16.2 Å². The highest BCUT2D eigenvalue weighted by Gasteiger charge is 2.33. The zero-order valence-corrected chi connectivity index (χ0v) is 66.7. The first-order chi connectivity index (χ1) is 51.0. The van der Waals surface area contributed by atoms with E-state index in [-0.39, 0.29) is 31.3 Å². The molecular formula is C79H88BrCl9N12O4. The molecule has 0 aliphatic carbocycles. The maximum atomic E-state index is 8.94. The molecule has 558 valence electrons. The van der Waals surface area contributed by atoms with Crippen molar-refractivity contribution >= 4 is 149 Å². The molecule has 0 radical (unpaired) electrons. The van der Waals surface area contributed by atoms with Gasteiger partial charge in [-0.05, 0) is 178 Å². The molecule has 0 bridgehead atoms. The molecule has 6 aromatic carbocycles. The van der Waals surface area contributed by atoms with E-state index in [2.05, 4.69) is 126 Å². The number of halogens is 10. The number of nitrogens with two attached hydrogens (primary N) is 1. The molecule has 8 heterocycles. The first-order valence-corrected chi connectivity index (χ1v) is 39.4. The van der Waals surface area contributed by atoms with Gasteiger partial charge < -0.3 is 50.3 Å². The van der Waals surface area contributed by atoms with Gasteiger partial charge in [-0.1, -0.05) is 159 Å². The Morgan fingerprint density at radius 1 is 0.410 bits per heavy atom. The molecular weight excluding hydrogens is 1580 g/mol. The van der Waals surface area contributed by atoms with Gasteiger partial charge >= 0.3 is 0 Å². The predicted molar refractivity (Wildman–Crippen MR) is 440 cm³/mol. The van der Waals surface area contributed by atoms with Gasteiger partial charge in [0.2, 0.25) is 0 Å². The normalized spacial score (nSPS) is 17.9. The Hall–Kier alpha value is -5.46. The molecule has 9 aromatic rings. The second-order valence-electron chi connectivity index (χ2n) is 25.8. The Balaban J connectivity index is 0.000000158. The van der Waals surface area contributed by atoms with E-state index < -0.39 is 0 Å². The summed E-state index contributed by atoms with van der Waals surface area (Å²) in [4.78, 5) is 30.2. The molecule has 0 amide bonds. The lowest BCUT2D eigenvalue weighted by atomic mass is 10.0. The fraction of sp³-hybridized carbons (Fsp3) is 0.354. The summed E-state index contributed by atoms with van der Waals surface area (Å²) in [6, 6.07) is 54.1. The first kappa shape index (κ1) is 82.0. The minimum Gasteiger partial charge on any atom is -0.395 e. The Morgan fingerprint density at radius 3 is 1.10 bits per heavy atom. The Kier molecular flexibility index (Phi) is 33.2. The van der Waals surface area contributed by atoms with Crippen LogP contribution in [0.15, 0.2) is 187 Å². The lowest BCUT2D eigenvalue weighted by Crippen LogP contribution is -2.48. The Bertz CT molecular complexity index is 4070. The molecule has 5 N–H and O–H groups in total. The van der Waals surface area contributed by atoms with Gasteiger partial charge in [-0.25, -0.2) is 15.0 Å². The van der Waals surface area contributed by atoms with Gasteiger partial charge in [-0.2, -0.15) is 0 Å². The molecule has 0 spiro atoms. The fourth-order valence-corrected chi connectivity index (χ4v) is 15.3. The van der Waals surface area contributed by atoms with E-state index in [1.54, 1.807) is 12.1 Å². The van der Waals surface area contributed by atoms with Crippen molar-refractivity contribution < 1.29 is 19.7 Å². The van der Waals surface area contributed by atoms with Gasteiger partial charge in [-0.3, -0.25) is 14.7 Å². The molecule has 5 aliphatic heterocycles. The number of nitrogens with one attached hydrogen (secondary N) is 1. The quantitative estimate of drug-likeness (QED) is 0.0638. The fourth-order valence-electron chi connectivity index (χ4n) is 13.1. The molecule has 3 aromatic heterocycles. The molecule has 3 atom stereocenters. The average molecular weight is 1670 g/mol.